The molecule has 2 N–H and O–H groups in total. The summed E-state index contributed by atoms with van der Waals surface area (Å²) in [6, 6.07) is 11.9. The summed E-state index contributed by atoms with van der Waals surface area (Å²) in [5, 5.41) is 0. The molecule has 2 aromatic carbocycles. The van der Waals surface area contributed by atoms with E-state index in [1.807, 2.05) is 12.1 Å². The van der Waals surface area contributed by atoms with E-state index in [2.05, 4.69) is 15.9 Å². The molecule has 0 saturated heterocycles. The Labute approximate surface area is 124 Å². The molecule has 2 nitrogen and oxygen atoms in total. The lowest BCUT2D eigenvalue weighted by Gasteiger charge is -2.11. The van der Waals surface area contributed by atoms with Gasteiger partial charge in [-0.25, -0.2) is 4.39 Å². The molecule has 0 saturated carbocycles. The maximum absolute atomic E-state index is 13.6. The summed E-state index contributed by atoms with van der Waals surface area (Å²) in [5.41, 5.74) is 6.72. The Balaban J connectivity index is 2.19. The molecule has 2 rings (SSSR count). The van der Waals surface area contributed by atoms with Crippen LogP contribution < -0.4 is 10.5 Å². The van der Waals surface area contributed by atoms with Crippen LogP contribution in [0, 0.1) is 5.82 Å². The second-order valence-electron chi connectivity index (χ2n) is 3.88. The van der Waals surface area contributed by atoms with Crippen LogP contribution in [0.4, 0.5) is 4.39 Å². The number of hydrogen-bond acceptors (Lipinski definition) is 2. The highest BCUT2D eigenvalue weighted by atomic mass is 79.9. The lowest BCUT2D eigenvalue weighted by Crippen LogP contribution is -2.11. The number of nitrogens with two attached hydrogens (primary N) is 1. The van der Waals surface area contributed by atoms with E-state index in [0.717, 1.165) is 4.47 Å². The van der Waals surface area contributed by atoms with Crippen molar-refractivity contribution in [2.75, 3.05) is 0 Å². The normalized spacial score (nSPS) is 10.2. The SMILES string of the molecule is NC(=S)c1ccccc1OCc1cc(Br)ccc1F. The molecular weight excluding hydrogens is 329 g/mol. The molecule has 0 spiro atoms. The van der Waals surface area contributed by atoms with E-state index < -0.39 is 0 Å². The minimum atomic E-state index is -0.309. The van der Waals surface area contributed by atoms with Crippen molar-refractivity contribution in [2.45, 2.75) is 6.61 Å². The standard InChI is InChI=1S/C14H11BrFNOS/c15-10-5-6-12(16)9(7-10)8-18-13-4-2-1-3-11(13)14(17)19/h1-7H,8H2,(H2,17,19). The van der Waals surface area contributed by atoms with Crippen LogP contribution in [-0.4, -0.2) is 4.99 Å². The van der Waals surface area contributed by atoms with Gasteiger partial charge < -0.3 is 10.5 Å². The monoisotopic (exact) mass is 339 g/mol. The number of halogens is 2. The molecule has 0 aromatic heterocycles. The van der Waals surface area contributed by atoms with Crippen molar-refractivity contribution in [3.63, 3.8) is 0 Å². The third-order valence-electron chi connectivity index (χ3n) is 2.54. The summed E-state index contributed by atoms with van der Waals surface area (Å²) in [5.74, 6) is 0.241. The van der Waals surface area contributed by atoms with Gasteiger partial charge in [-0.2, -0.15) is 0 Å². The summed E-state index contributed by atoms with van der Waals surface area (Å²) in [4.78, 5) is 0.255. The molecule has 0 bridgehead atoms. The highest BCUT2D eigenvalue weighted by Gasteiger charge is 2.08. The van der Waals surface area contributed by atoms with Gasteiger partial charge >= 0.3 is 0 Å². The molecule has 0 heterocycles. The number of benzene rings is 2. The molecule has 0 aliphatic carbocycles. The molecule has 0 aliphatic heterocycles. The fourth-order valence-corrected chi connectivity index (χ4v) is 2.18. The second-order valence-corrected chi connectivity index (χ2v) is 5.24. The van der Waals surface area contributed by atoms with Crippen molar-refractivity contribution < 1.29 is 9.13 Å². The van der Waals surface area contributed by atoms with Crippen molar-refractivity contribution in [2.24, 2.45) is 5.73 Å². The second kappa shape index (κ2) is 6.12. The predicted octanol–water partition coefficient (Wildman–Crippen LogP) is 3.80. The molecular formula is C14H11BrFNOS. The van der Waals surface area contributed by atoms with Crippen molar-refractivity contribution in [1.29, 1.82) is 0 Å². The van der Waals surface area contributed by atoms with Gasteiger partial charge in [-0.05, 0) is 30.3 Å². The van der Waals surface area contributed by atoms with E-state index in [1.54, 1.807) is 24.3 Å². The average Bonchev–Trinajstić information content (AvgIpc) is 2.40. The van der Waals surface area contributed by atoms with E-state index >= 15 is 0 Å². The first kappa shape index (κ1) is 14.0. The van der Waals surface area contributed by atoms with E-state index in [4.69, 9.17) is 22.7 Å². The molecule has 98 valence electrons. The number of ether oxygens (including phenoxy) is 1. The van der Waals surface area contributed by atoms with Crippen LogP contribution in [0.1, 0.15) is 11.1 Å². The van der Waals surface area contributed by atoms with Gasteiger partial charge in [0, 0.05) is 10.0 Å². The maximum atomic E-state index is 13.6. The van der Waals surface area contributed by atoms with Gasteiger partial charge in [0.25, 0.3) is 0 Å². The summed E-state index contributed by atoms with van der Waals surface area (Å²) in [6.45, 7) is 0.116. The topological polar surface area (TPSA) is 35.2 Å². The van der Waals surface area contributed by atoms with Crippen LogP contribution in [0.25, 0.3) is 0 Å². The quantitative estimate of drug-likeness (QED) is 0.860. The van der Waals surface area contributed by atoms with Crippen molar-refractivity contribution in [1.82, 2.24) is 0 Å². The summed E-state index contributed by atoms with van der Waals surface area (Å²) >= 11 is 8.24. The van der Waals surface area contributed by atoms with Crippen LogP contribution in [-0.2, 0) is 6.61 Å². The van der Waals surface area contributed by atoms with Crippen molar-refractivity contribution in [3.8, 4) is 5.75 Å². The zero-order valence-corrected chi connectivity index (χ0v) is 12.3. The maximum Gasteiger partial charge on any atom is 0.129 e. The lowest BCUT2D eigenvalue weighted by molar-refractivity contribution is 0.299. The smallest absolute Gasteiger partial charge is 0.129 e. The minimum Gasteiger partial charge on any atom is -0.488 e. The summed E-state index contributed by atoms with van der Waals surface area (Å²) in [7, 11) is 0. The van der Waals surface area contributed by atoms with Gasteiger partial charge in [0.15, 0.2) is 0 Å². The minimum absolute atomic E-state index is 0.116. The Morgan fingerprint density at radius 3 is 2.74 bits per heavy atom. The fraction of sp³-hybridized carbons (Fsp3) is 0.0714. The molecule has 0 atom stereocenters. The van der Waals surface area contributed by atoms with E-state index in [1.165, 1.54) is 6.07 Å². The van der Waals surface area contributed by atoms with Crippen LogP contribution in [0.2, 0.25) is 0 Å². The average molecular weight is 340 g/mol. The summed E-state index contributed by atoms with van der Waals surface area (Å²) < 4.78 is 20.0. The number of hydrogen-bond donors (Lipinski definition) is 1. The van der Waals surface area contributed by atoms with Gasteiger partial charge in [-0.15, -0.1) is 0 Å². The van der Waals surface area contributed by atoms with Gasteiger partial charge in [0.05, 0.1) is 5.56 Å². The van der Waals surface area contributed by atoms with E-state index in [0.29, 0.717) is 16.9 Å². The van der Waals surface area contributed by atoms with Crippen molar-refractivity contribution >= 4 is 33.1 Å². The first-order chi connectivity index (χ1) is 9.08. The Bertz CT molecular complexity index is 618. The molecule has 5 heteroatoms. The molecule has 2 aromatic rings. The van der Waals surface area contributed by atoms with Crippen LogP contribution in [0.5, 0.6) is 5.75 Å². The van der Waals surface area contributed by atoms with Crippen LogP contribution >= 0.6 is 28.1 Å². The molecule has 19 heavy (non-hydrogen) atoms. The fourth-order valence-electron chi connectivity index (χ4n) is 1.61. The van der Waals surface area contributed by atoms with Crippen molar-refractivity contribution in [3.05, 3.63) is 63.9 Å². The van der Waals surface area contributed by atoms with Crippen LogP contribution in [0.3, 0.4) is 0 Å². The zero-order valence-electron chi connectivity index (χ0n) is 9.90. The Morgan fingerprint density at radius 1 is 1.26 bits per heavy atom. The highest BCUT2D eigenvalue weighted by Crippen LogP contribution is 2.21. The Morgan fingerprint density at radius 2 is 2.00 bits per heavy atom. The Hall–Kier alpha value is -1.46. The third kappa shape index (κ3) is 3.52. The van der Waals surface area contributed by atoms with E-state index in [-0.39, 0.29) is 17.4 Å². The molecule has 0 fully saturated rings. The largest absolute Gasteiger partial charge is 0.488 e. The zero-order chi connectivity index (χ0) is 13.8. The van der Waals surface area contributed by atoms with Gasteiger partial charge in [-0.3, -0.25) is 0 Å². The molecule has 0 aliphatic rings. The first-order valence-electron chi connectivity index (χ1n) is 5.53. The number of thiocarbonyl (C=S) groups is 1. The van der Waals surface area contributed by atoms with Gasteiger partial charge in [0.1, 0.15) is 23.2 Å². The van der Waals surface area contributed by atoms with Gasteiger partial charge in [0.2, 0.25) is 0 Å². The lowest BCUT2D eigenvalue weighted by atomic mass is 10.2. The number of para-hydroxylation sites is 1. The third-order valence-corrected chi connectivity index (χ3v) is 3.26. The number of rotatable bonds is 4. The predicted molar refractivity (Wildman–Crippen MR) is 80.8 cm³/mol. The Kier molecular flexibility index (Phi) is 4.50. The summed E-state index contributed by atoms with van der Waals surface area (Å²) in [6.07, 6.45) is 0. The van der Waals surface area contributed by atoms with Crippen LogP contribution in [0.15, 0.2) is 46.9 Å². The van der Waals surface area contributed by atoms with E-state index in [9.17, 15) is 4.39 Å². The molecule has 0 amide bonds. The highest BCUT2D eigenvalue weighted by molar-refractivity contribution is 9.10. The molecule has 0 unspecified atom stereocenters. The molecule has 0 radical (unpaired) electrons. The first-order valence-corrected chi connectivity index (χ1v) is 6.73. The van der Waals surface area contributed by atoms with Gasteiger partial charge in [-0.1, -0.05) is 40.3 Å².